The Morgan fingerprint density at radius 1 is 1.28 bits per heavy atom. The summed E-state index contributed by atoms with van der Waals surface area (Å²) in [6, 6.07) is 0. The average molecular weight is 258 g/mol. The van der Waals surface area contributed by atoms with Gasteiger partial charge < -0.3 is 15.8 Å². The minimum Gasteiger partial charge on any atom is -0.466 e. The van der Waals surface area contributed by atoms with Gasteiger partial charge in [0.15, 0.2) is 0 Å². The van der Waals surface area contributed by atoms with E-state index in [-0.39, 0.29) is 11.9 Å². The van der Waals surface area contributed by atoms with Gasteiger partial charge in [0.1, 0.15) is 0 Å². The molecule has 3 N–H and O–H groups in total. The Labute approximate surface area is 109 Å². The van der Waals surface area contributed by atoms with Gasteiger partial charge in [-0.25, -0.2) is 0 Å². The monoisotopic (exact) mass is 258 g/mol. The second-order valence-electron chi connectivity index (χ2n) is 4.48. The van der Waals surface area contributed by atoms with Crippen molar-refractivity contribution < 1.29 is 14.3 Å². The van der Waals surface area contributed by atoms with Gasteiger partial charge in [0.05, 0.1) is 6.61 Å². The number of ether oxygens (including phenoxy) is 1. The number of amides is 1. The molecule has 1 amide bonds. The minimum absolute atomic E-state index is 0.0442. The first kappa shape index (κ1) is 16.9. The number of nitrogens with one attached hydrogen (secondary N) is 1. The SMILES string of the molecule is CCOC(=O)CCCNC(=O)CCC(C)CCN. The smallest absolute Gasteiger partial charge is 0.305 e. The lowest BCUT2D eigenvalue weighted by Crippen LogP contribution is -2.25. The molecule has 0 rings (SSSR count). The van der Waals surface area contributed by atoms with E-state index in [2.05, 4.69) is 12.2 Å². The summed E-state index contributed by atoms with van der Waals surface area (Å²) in [5.41, 5.74) is 5.44. The maximum atomic E-state index is 11.5. The Morgan fingerprint density at radius 2 is 2.00 bits per heavy atom. The molecule has 0 aliphatic carbocycles. The van der Waals surface area contributed by atoms with Crippen LogP contribution in [0.15, 0.2) is 0 Å². The fraction of sp³-hybridized carbons (Fsp3) is 0.846. The first-order valence-electron chi connectivity index (χ1n) is 6.72. The molecule has 0 heterocycles. The van der Waals surface area contributed by atoms with Crippen LogP contribution in [0.25, 0.3) is 0 Å². The highest BCUT2D eigenvalue weighted by Crippen LogP contribution is 2.08. The molecular weight excluding hydrogens is 232 g/mol. The molecule has 5 heteroatoms. The molecule has 0 saturated heterocycles. The Kier molecular flexibility index (Phi) is 10.3. The van der Waals surface area contributed by atoms with E-state index in [9.17, 15) is 9.59 Å². The molecule has 106 valence electrons. The summed E-state index contributed by atoms with van der Waals surface area (Å²) in [5, 5.41) is 2.80. The highest BCUT2D eigenvalue weighted by molar-refractivity contribution is 5.75. The molecule has 1 atom stereocenters. The van der Waals surface area contributed by atoms with Crippen LogP contribution in [0.4, 0.5) is 0 Å². The standard InChI is InChI=1S/C13H26N2O3/c1-3-18-13(17)5-4-10-15-12(16)7-6-11(2)8-9-14/h11H,3-10,14H2,1-2H3,(H,15,16). The molecule has 0 aromatic heterocycles. The molecule has 0 aliphatic heterocycles. The molecule has 5 nitrogen and oxygen atoms in total. The van der Waals surface area contributed by atoms with Crippen LogP contribution in [0.5, 0.6) is 0 Å². The number of hydrogen-bond acceptors (Lipinski definition) is 4. The number of carbonyl (C=O) groups is 2. The van der Waals surface area contributed by atoms with Gasteiger partial charge in [0, 0.05) is 19.4 Å². The van der Waals surface area contributed by atoms with E-state index in [1.807, 2.05) is 0 Å². The summed E-state index contributed by atoms with van der Waals surface area (Å²) >= 11 is 0. The Balaban J connectivity index is 3.45. The maximum Gasteiger partial charge on any atom is 0.305 e. The van der Waals surface area contributed by atoms with Crippen LogP contribution < -0.4 is 11.1 Å². The van der Waals surface area contributed by atoms with E-state index in [4.69, 9.17) is 10.5 Å². The molecule has 0 bridgehead atoms. The number of carbonyl (C=O) groups excluding carboxylic acids is 2. The molecular formula is C13H26N2O3. The van der Waals surface area contributed by atoms with E-state index in [1.165, 1.54) is 0 Å². The van der Waals surface area contributed by atoms with E-state index in [1.54, 1.807) is 6.92 Å². The molecule has 0 fully saturated rings. The van der Waals surface area contributed by atoms with Gasteiger partial charge in [-0.2, -0.15) is 0 Å². The van der Waals surface area contributed by atoms with E-state index in [0.717, 1.165) is 12.8 Å². The van der Waals surface area contributed by atoms with Gasteiger partial charge >= 0.3 is 5.97 Å². The molecule has 0 radical (unpaired) electrons. The first-order chi connectivity index (χ1) is 8.60. The summed E-state index contributed by atoms with van der Waals surface area (Å²) in [7, 11) is 0. The second kappa shape index (κ2) is 11.0. The third-order valence-electron chi connectivity index (χ3n) is 2.71. The zero-order chi connectivity index (χ0) is 13.8. The zero-order valence-corrected chi connectivity index (χ0v) is 11.5. The molecule has 0 saturated carbocycles. The normalized spacial score (nSPS) is 11.9. The molecule has 0 spiro atoms. The van der Waals surface area contributed by atoms with Crippen molar-refractivity contribution in [3.63, 3.8) is 0 Å². The molecule has 0 aromatic rings. The van der Waals surface area contributed by atoms with Crippen molar-refractivity contribution in [2.75, 3.05) is 19.7 Å². The largest absolute Gasteiger partial charge is 0.466 e. The first-order valence-corrected chi connectivity index (χ1v) is 6.72. The maximum absolute atomic E-state index is 11.5. The van der Waals surface area contributed by atoms with Crippen LogP contribution in [0.2, 0.25) is 0 Å². The highest BCUT2D eigenvalue weighted by atomic mass is 16.5. The molecule has 1 unspecified atom stereocenters. The Hall–Kier alpha value is -1.10. The topological polar surface area (TPSA) is 81.4 Å². The van der Waals surface area contributed by atoms with Crippen LogP contribution in [0.3, 0.4) is 0 Å². The van der Waals surface area contributed by atoms with Crippen LogP contribution in [0.1, 0.15) is 46.0 Å². The van der Waals surface area contributed by atoms with Gasteiger partial charge in [-0.05, 0) is 38.6 Å². The highest BCUT2D eigenvalue weighted by Gasteiger charge is 2.06. The average Bonchev–Trinajstić information content (AvgIpc) is 2.33. The van der Waals surface area contributed by atoms with Gasteiger partial charge in [-0.3, -0.25) is 9.59 Å². The van der Waals surface area contributed by atoms with Gasteiger partial charge in [0.25, 0.3) is 0 Å². The predicted molar refractivity (Wildman–Crippen MR) is 70.9 cm³/mol. The van der Waals surface area contributed by atoms with Gasteiger partial charge in [-0.15, -0.1) is 0 Å². The van der Waals surface area contributed by atoms with Crippen LogP contribution >= 0.6 is 0 Å². The molecule has 0 aliphatic rings. The van der Waals surface area contributed by atoms with Crippen molar-refractivity contribution in [3.05, 3.63) is 0 Å². The summed E-state index contributed by atoms with van der Waals surface area (Å²) in [5.74, 6) is 0.325. The Morgan fingerprint density at radius 3 is 2.61 bits per heavy atom. The predicted octanol–water partition coefficient (Wildman–Crippen LogP) is 1.21. The second-order valence-corrected chi connectivity index (χ2v) is 4.48. The van der Waals surface area contributed by atoms with Crippen molar-refractivity contribution in [2.45, 2.75) is 46.0 Å². The number of hydrogen-bond donors (Lipinski definition) is 2. The van der Waals surface area contributed by atoms with E-state index < -0.39 is 0 Å². The van der Waals surface area contributed by atoms with Crippen LogP contribution in [-0.2, 0) is 14.3 Å². The third-order valence-corrected chi connectivity index (χ3v) is 2.71. The van der Waals surface area contributed by atoms with Crippen LogP contribution in [-0.4, -0.2) is 31.6 Å². The van der Waals surface area contributed by atoms with Gasteiger partial charge in [-0.1, -0.05) is 6.92 Å². The number of rotatable bonds is 10. The summed E-state index contributed by atoms with van der Waals surface area (Å²) in [6.45, 7) is 5.48. The molecule has 18 heavy (non-hydrogen) atoms. The Bertz CT molecular complexity index is 244. The lowest BCUT2D eigenvalue weighted by Gasteiger charge is -2.09. The van der Waals surface area contributed by atoms with E-state index in [0.29, 0.717) is 44.9 Å². The van der Waals surface area contributed by atoms with Gasteiger partial charge in [0.2, 0.25) is 5.91 Å². The zero-order valence-electron chi connectivity index (χ0n) is 11.5. The van der Waals surface area contributed by atoms with Crippen LogP contribution in [0, 0.1) is 5.92 Å². The summed E-state index contributed by atoms with van der Waals surface area (Å²) in [6.07, 6.45) is 3.33. The lowest BCUT2D eigenvalue weighted by atomic mass is 10.0. The van der Waals surface area contributed by atoms with Crippen molar-refractivity contribution in [3.8, 4) is 0 Å². The quantitative estimate of drug-likeness (QED) is 0.456. The number of esters is 1. The third kappa shape index (κ3) is 10.1. The fourth-order valence-electron chi connectivity index (χ4n) is 1.59. The summed E-state index contributed by atoms with van der Waals surface area (Å²) < 4.78 is 4.79. The molecule has 0 aromatic carbocycles. The van der Waals surface area contributed by atoms with Crippen molar-refractivity contribution >= 4 is 11.9 Å². The fourth-order valence-corrected chi connectivity index (χ4v) is 1.59. The lowest BCUT2D eigenvalue weighted by molar-refractivity contribution is -0.143. The minimum atomic E-state index is -0.205. The van der Waals surface area contributed by atoms with E-state index >= 15 is 0 Å². The van der Waals surface area contributed by atoms with Crippen molar-refractivity contribution in [1.82, 2.24) is 5.32 Å². The number of nitrogens with two attached hydrogens (primary N) is 1. The summed E-state index contributed by atoms with van der Waals surface area (Å²) in [4.78, 5) is 22.5. The van der Waals surface area contributed by atoms with Crippen molar-refractivity contribution in [1.29, 1.82) is 0 Å². The van der Waals surface area contributed by atoms with Crippen molar-refractivity contribution in [2.24, 2.45) is 11.7 Å².